The van der Waals surface area contributed by atoms with Crippen LogP contribution in [0.5, 0.6) is 0 Å². The van der Waals surface area contributed by atoms with Crippen molar-refractivity contribution < 1.29 is 0 Å². The van der Waals surface area contributed by atoms with Crippen LogP contribution in [-0.2, 0) is 0 Å². The van der Waals surface area contributed by atoms with E-state index >= 15 is 0 Å². The summed E-state index contributed by atoms with van der Waals surface area (Å²) in [4.78, 5) is 2.56. The van der Waals surface area contributed by atoms with Gasteiger partial charge in [-0.25, -0.2) is 0 Å². The Morgan fingerprint density at radius 3 is 2.27 bits per heavy atom. The number of hydrogen-bond donors (Lipinski definition) is 1. The average Bonchev–Trinajstić information content (AvgIpc) is 3.17. The number of nitrogens with zero attached hydrogens (tertiary/aromatic N) is 1. The van der Waals surface area contributed by atoms with Gasteiger partial charge in [-0.3, -0.25) is 0 Å². The summed E-state index contributed by atoms with van der Waals surface area (Å²) in [5.74, 6) is 0. The summed E-state index contributed by atoms with van der Waals surface area (Å²) in [6.07, 6.45) is 9.34. The van der Waals surface area contributed by atoms with E-state index in [4.69, 9.17) is 0 Å². The van der Waals surface area contributed by atoms with Crippen molar-refractivity contribution in [1.82, 2.24) is 10.2 Å². The van der Waals surface area contributed by atoms with Gasteiger partial charge in [0.1, 0.15) is 0 Å². The minimum absolute atomic E-state index is 0.166. The fourth-order valence-electron chi connectivity index (χ4n) is 5.48. The third-order valence-corrected chi connectivity index (χ3v) is 7.06. The van der Waals surface area contributed by atoms with Crippen molar-refractivity contribution in [2.24, 2.45) is 0 Å². The monoisotopic (exact) mass is 428 g/mol. The maximum Gasteiger partial charge on any atom is 0.0810 e. The number of dihydropyridines is 1. The number of nitrogens with one attached hydrogen (secondary N) is 1. The molecule has 3 heterocycles. The van der Waals surface area contributed by atoms with E-state index in [1.54, 1.807) is 0 Å². The lowest BCUT2D eigenvalue weighted by Gasteiger charge is -2.34. The second-order valence-corrected chi connectivity index (χ2v) is 9.16. The third kappa shape index (κ3) is 3.34. The molecule has 3 aliphatic heterocycles. The maximum atomic E-state index is 3.61. The molecule has 162 valence electrons. The molecular weight excluding hydrogens is 400 g/mol. The predicted molar refractivity (Wildman–Crippen MR) is 137 cm³/mol. The standard InChI is InChI=1S/C31H28N2/c1-21-16-17-32-29(18-21)24-12-6-8-14-26(24)31-27-15-9-7-13-25(27)30-19-22(2)28(20-33(30)31)23-10-4-3-5-11-23/h3-16,18-20,30-32H,17H2,1-2H3/t30?,31-/m1/s1. The lowest BCUT2D eigenvalue weighted by molar-refractivity contribution is 0.304. The SMILES string of the molecule is CC1=CCNC(c2ccccc2[C@@H]2c3ccccc3C3C=C(C)C(c4ccccc4)=CN32)=C1. The third-order valence-electron chi connectivity index (χ3n) is 7.06. The Labute approximate surface area is 196 Å². The van der Waals surface area contributed by atoms with Crippen molar-refractivity contribution in [3.05, 3.63) is 142 Å². The van der Waals surface area contributed by atoms with Crippen molar-refractivity contribution >= 4 is 11.3 Å². The van der Waals surface area contributed by atoms with E-state index in [0.717, 1.165) is 6.54 Å². The molecule has 0 fully saturated rings. The van der Waals surface area contributed by atoms with E-state index in [9.17, 15) is 0 Å². The van der Waals surface area contributed by atoms with Crippen molar-refractivity contribution in [3.63, 3.8) is 0 Å². The smallest absolute Gasteiger partial charge is 0.0810 e. The normalized spacial score (nSPS) is 21.2. The lowest BCUT2D eigenvalue weighted by atomic mass is 9.91. The molecule has 0 amide bonds. The molecule has 0 aliphatic carbocycles. The quantitative estimate of drug-likeness (QED) is 0.482. The molecule has 0 aromatic heterocycles. The second-order valence-electron chi connectivity index (χ2n) is 9.16. The van der Waals surface area contributed by atoms with Gasteiger partial charge in [-0.05, 0) is 47.8 Å². The van der Waals surface area contributed by atoms with Crippen molar-refractivity contribution in [2.45, 2.75) is 25.9 Å². The molecule has 2 atom stereocenters. The number of rotatable bonds is 3. The van der Waals surface area contributed by atoms with Gasteiger partial charge in [-0.1, -0.05) is 96.6 Å². The van der Waals surface area contributed by atoms with E-state index in [-0.39, 0.29) is 12.1 Å². The zero-order valence-corrected chi connectivity index (χ0v) is 19.1. The van der Waals surface area contributed by atoms with Gasteiger partial charge >= 0.3 is 0 Å². The van der Waals surface area contributed by atoms with Crippen molar-refractivity contribution in [1.29, 1.82) is 0 Å². The summed E-state index contributed by atoms with van der Waals surface area (Å²) in [5.41, 5.74) is 11.9. The Morgan fingerprint density at radius 2 is 1.48 bits per heavy atom. The molecular formula is C31H28N2. The van der Waals surface area contributed by atoms with E-state index < -0.39 is 0 Å². The molecule has 6 rings (SSSR count). The Morgan fingerprint density at radius 1 is 0.788 bits per heavy atom. The average molecular weight is 429 g/mol. The Bertz CT molecular complexity index is 1340. The predicted octanol–water partition coefficient (Wildman–Crippen LogP) is 7.02. The Balaban J connectivity index is 1.53. The molecule has 3 aromatic carbocycles. The summed E-state index contributed by atoms with van der Waals surface area (Å²) >= 11 is 0. The molecule has 0 bridgehead atoms. The van der Waals surface area contributed by atoms with Crippen LogP contribution in [0.1, 0.15) is 53.7 Å². The van der Waals surface area contributed by atoms with Crippen molar-refractivity contribution in [2.75, 3.05) is 6.54 Å². The van der Waals surface area contributed by atoms with Crippen LogP contribution in [0.2, 0.25) is 0 Å². The highest BCUT2D eigenvalue weighted by molar-refractivity contribution is 5.80. The highest BCUT2D eigenvalue weighted by atomic mass is 15.2. The van der Waals surface area contributed by atoms with Crippen LogP contribution in [0.15, 0.2) is 114 Å². The van der Waals surface area contributed by atoms with Gasteiger partial charge in [0, 0.05) is 29.6 Å². The molecule has 3 aromatic rings. The molecule has 2 heteroatoms. The molecule has 0 spiro atoms. The van der Waals surface area contributed by atoms with Gasteiger partial charge in [0.15, 0.2) is 0 Å². The van der Waals surface area contributed by atoms with Gasteiger partial charge in [0.05, 0.1) is 12.1 Å². The first-order chi connectivity index (χ1) is 16.2. The van der Waals surface area contributed by atoms with Crippen LogP contribution in [0.25, 0.3) is 11.3 Å². The molecule has 1 N–H and O–H groups in total. The van der Waals surface area contributed by atoms with Crippen LogP contribution in [0, 0.1) is 0 Å². The molecule has 0 saturated carbocycles. The highest BCUT2D eigenvalue weighted by Gasteiger charge is 2.39. The molecule has 0 saturated heterocycles. The number of benzene rings is 3. The van der Waals surface area contributed by atoms with Crippen LogP contribution in [-0.4, -0.2) is 11.4 Å². The van der Waals surface area contributed by atoms with E-state index in [1.807, 2.05) is 0 Å². The molecule has 3 aliphatic rings. The Kier molecular flexibility index (Phi) is 4.80. The summed E-state index contributed by atoms with van der Waals surface area (Å²) in [6, 6.07) is 29.0. The first-order valence-corrected chi connectivity index (χ1v) is 11.7. The van der Waals surface area contributed by atoms with Crippen LogP contribution in [0.3, 0.4) is 0 Å². The summed E-state index contributed by atoms with van der Waals surface area (Å²) in [6.45, 7) is 5.29. The van der Waals surface area contributed by atoms with Gasteiger partial charge in [0.2, 0.25) is 0 Å². The van der Waals surface area contributed by atoms with Crippen LogP contribution >= 0.6 is 0 Å². The largest absolute Gasteiger partial charge is 0.381 e. The zero-order valence-electron chi connectivity index (χ0n) is 19.1. The lowest BCUT2D eigenvalue weighted by Crippen LogP contribution is -2.25. The molecule has 33 heavy (non-hydrogen) atoms. The van der Waals surface area contributed by atoms with Crippen LogP contribution < -0.4 is 5.32 Å². The fourth-order valence-corrected chi connectivity index (χ4v) is 5.48. The van der Waals surface area contributed by atoms with E-state index in [2.05, 4.69) is 127 Å². The van der Waals surface area contributed by atoms with Gasteiger partial charge in [0.25, 0.3) is 0 Å². The van der Waals surface area contributed by atoms with Crippen LogP contribution in [0.4, 0.5) is 0 Å². The number of allylic oxidation sites excluding steroid dienone is 4. The minimum Gasteiger partial charge on any atom is -0.381 e. The maximum absolute atomic E-state index is 3.61. The first-order valence-electron chi connectivity index (χ1n) is 11.7. The highest BCUT2D eigenvalue weighted by Crippen LogP contribution is 2.51. The van der Waals surface area contributed by atoms with Gasteiger partial charge < -0.3 is 10.2 Å². The summed E-state index contributed by atoms with van der Waals surface area (Å²) in [5, 5.41) is 3.61. The zero-order chi connectivity index (χ0) is 22.4. The summed E-state index contributed by atoms with van der Waals surface area (Å²) in [7, 11) is 0. The second kappa shape index (κ2) is 7.97. The Hall–Kier alpha value is -3.78. The molecule has 1 unspecified atom stereocenters. The number of hydrogen-bond acceptors (Lipinski definition) is 2. The fraction of sp³-hybridized carbons (Fsp3) is 0.161. The molecule has 0 radical (unpaired) electrons. The van der Waals surface area contributed by atoms with E-state index in [1.165, 1.54) is 50.2 Å². The minimum atomic E-state index is 0.166. The van der Waals surface area contributed by atoms with Gasteiger partial charge in [-0.15, -0.1) is 0 Å². The first kappa shape index (κ1) is 19.9. The van der Waals surface area contributed by atoms with Crippen molar-refractivity contribution in [3.8, 4) is 0 Å². The van der Waals surface area contributed by atoms with E-state index in [0.29, 0.717) is 0 Å². The number of fused-ring (bicyclic) bond motifs is 3. The van der Waals surface area contributed by atoms with Gasteiger partial charge in [-0.2, -0.15) is 0 Å². The topological polar surface area (TPSA) is 15.3 Å². The molecule has 2 nitrogen and oxygen atoms in total. The summed E-state index contributed by atoms with van der Waals surface area (Å²) < 4.78 is 0.